The topological polar surface area (TPSA) is 51.2 Å². The van der Waals surface area contributed by atoms with Crippen molar-refractivity contribution in [1.29, 1.82) is 0 Å². The number of hydrogen-bond acceptors (Lipinski definition) is 5. The number of amides is 1. The Balaban J connectivity index is 1.77. The van der Waals surface area contributed by atoms with Crippen LogP contribution in [-0.2, 0) is 0 Å². The van der Waals surface area contributed by atoms with Crippen LogP contribution in [0.25, 0.3) is 10.2 Å². The molecule has 4 nitrogen and oxygen atoms in total. The molecule has 3 rings (SSSR count). The van der Waals surface area contributed by atoms with Gasteiger partial charge in [-0.3, -0.25) is 10.1 Å². The van der Waals surface area contributed by atoms with Crippen LogP contribution in [0.1, 0.15) is 24.2 Å². The number of rotatable bonds is 5. The summed E-state index contributed by atoms with van der Waals surface area (Å²) in [5, 5.41) is 3.95. The third kappa shape index (κ3) is 3.71. The number of anilines is 1. The van der Waals surface area contributed by atoms with E-state index < -0.39 is 0 Å². The van der Waals surface area contributed by atoms with Gasteiger partial charge in [0.15, 0.2) is 5.13 Å². The maximum absolute atomic E-state index is 12.4. The van der Waals surface area contributed by atoms with Gasteiger partial charge in [0.05, 0.1) is 11.8 Å². The molecule has 0 aliphatic rings. The van der Waals surface area contributed by atoms with Crippen LogP contribution in [0.15, 0.2) is 47.4 Å². The molecule has 0 saturated heterocycles. The molecule has 2 aromatic carbocycles. The molecule has 0 bridgehead atoms. The van der Waals surface area contributed by atoms with E-state index in [-0.39, 0.29) is 5.91 Å². The summed E-state index contributed by atoms with van der Waals surface area (Å²) < 4.78 is 6.28. The Hall–Kier alpha value is -2.05. The second kappa shape index (κ2) is 7.23. The van der Waals surface area contributed by atoms with E-state index in [4.69, 9.17) is 4.74 Å². The molecule has 0 fully saturated rings. The fourth-order valence-corrected chi connectivity index (χ4v) is 3.98. The van der Waals surface area contributed by atoms with Crippen molar-refractivity contribution in [2.24, 2.45) is 0 Å². The minimum atomic E-state index is -0.158. The normalized spacial score (nSPS) is 11.0. The van der Waals surface area contributed by atoms with Crippen LogP contribution in [0.2, 0.25) is 0 Å². The molecule has 24 heavy (non-hydrogen) atoms. The second-order valence-corrected chi connectivity index (χ2v) is 8.15. The number of aromatic nitrogens is 1. The molecule has 6 heteroatoms. The second-order valence-electron chi connectivity index (χ2n) is 5.47. The summed E-state index contributed by atoms with van der Waals surface area (Å²) in [5.41, 5.74) is 1.39. The first kappa shape index (κ1) is 16.8. The lowest BCUT2D eigenvalue weighted by atomic mass is 10.2. The number of methoxy groups -OCH3 is 1. The first-order valence-electron chi connectivity index (χ1n) is 7.58. The number of fused-ring (bicyclic) bond motifs is 1. The van der Waals surface area contributed by atoms with Gasteiger partial charge in [0.2, 0.25) is 0 Å². The van der Waals surface area contributed by atoms with E-state index in [1.54, 1.807) is 18.9 Å². The summed E-state index contributed by atoms with van der Waals surface area (Å²) in [6.45, 7) is 4.29. The maximum Gasteiger partial charge on any atom is 0.257 e. The smallest absolute Gasteiger partial charge is 0.257 e. The molecule has 124 valence electrons. The summed E-state index contributed by atoms with van der Waals surface area (Å²) in [5.74, 6) is 0.549. The average molecular weight is 358 g/mol. The van der Waals surface area contributed by atoms with Gasteiger partial charge >= 0.3 is 0 Å². The summed E-state index contributed by atoms with van der Waals surface area (Å²) in [6.07, 6.45) is 0. The zero-order chi connectivity index (χ0) is 17.1. The predicted molar refractivity (Wildman–Crippen MR) is 102 cm³/mol. The van der Waals surface area contributed by atoms with E-state index in [9.17, 15) is 4.79 Å². The van der Waals surface area contributed by atoms with Crippen LogP contribution in [0, 0.1) is 0 Å². The number of thioether (sulfide) groups is 1. The quantitative estimate of drug-likeness (QED) is 0.648. The molecule has 0 aliphatic carbocycles. The van der Waals surface area contributed by atoms with Crippen LogP contribution in [0.4, 0.5) is 5.13 Å². The van der Waals surface area contributed by atoms with E-state index in [0.29, 0.717) is 21.7 Å². The lowest BCUT2D eigenvalue weighted by Crippen LogP contribution is -2.11. The monoisotopic (exact) mass is 358 g/mol. The van der Waals surface area contributed by atoms with Crippen molar-refractivity contribution in [3.63, 3.8) is 0 Å². The van der Waals surface area contributed by atoms with Crippen LogP contribution in [-0.4, -0.2) is 23.3 Å². The number of carbonyl (C=O) groups is 1. The van der Waals surface area contributed by atoms with Crippen molar-refractivity contribution in [2.45, 2.75) is 24.0 Å². The Morgan fingerprint density at radius 1 is 1.21 bits per heavy atom. The molecule has 0 saturated carbocycles. The summed E-state index contributed by atoms with van der Waals surface area (Å²) >= 11 is 3.21. The third-order valence-corrected chi connectivity index (χ3v) is 5.26. The molecule has 0 spiro atoms. The Bertz CT molecular complexity index is 857. The fraction of sp³-hybridized carbons (Fsp3) is 0.222. The van der Waals surface area contributed by atoms with Gasteiger partial charge in [0, 0.05) is 15.7 Å². The number of thiazole rings is 1. The molecule has 0 unspecified atom stereocenters. The minimum absolute atomic E-state index is 0.158. The number of carbonyl (C=O) groups excluding carboxylic acids is 1. The van der Waals surface area contributed by atoms with Gasteiger partial charge < -0.3 is 4.74 Å². The number of nitrogens with one attached hydrogen (secondary N) is 1. The highest BCUT2D eigenvalue weighted by molar-refractivity contribution is 7.99. The molecule has 1 aromatic heterocycles. The first-order valence-corrected chi connectivity index (χ1v) is 9.28. The van der Waals surface area contributed by atoms with Gasteiger partial charge in [0.1, 0.15) is 11.3 Å². The van der Waals surface area contributed by atoms with E-state index in [2.05, 4.69) is 24.1 Å². The van der Waals surface area contributed by atoms with Gasteiger partial charge in [-0.15, -0.1) is 11.8 Å². The third-order valence-electron chi connectivity index (χ3n) is 3.31. The summed E-state index contributed by atoms with van der Waals surface area (Å²) in [4.78, 5) is 18.0. The number of nitrogens with zero attached hydrogens (tertiary/aromatic N) is 1. The fourth-order valence-electron chi connectivity index (χ4n) is 2.27. The van der Waals surface area contributed by atoms with E-state index in [0.717, 1.165) is 15.1 Å². The minimum Gasteiger partial charge on any atom is -0.494 e. The summed E-state index contributed by atoms with van der Waals surface area (Å²) in [6, 6.07) is 13.4. The van der Waals surface area contributed by atoms with Gasteiger partial charge in [-0.25, -0.2) is 4.98 Å². The van der Waals surface area contributed by atoms with Gasteiger partial charge in [-0.05, 0) is 36.4 Å². The van der Waals surface area contributed by atoms with Crippen LogP contribution in [0.5, 0.6) is 5.75 Å². The Labute approximate surface area is 149 Å². The van der Waals surface area contributed by atoms with Crippen molar-refractivity contribution in [3.05, 3.63) is 48.0 Å². The van der Waals surface area contributed by atoms with Crippen molar-refractivity contribution in [3.8, 4) is 5.75 Å². The van der Waals surface area contributed by atoms with E-state index in [1.807, 2.05) is 42.5 Å². The van der Waals surface area contributed by atoms with E-state index in [1.165, 1.54) is 11.3 Å². The average Bonchev–Trinajstić information content (AvgIpc) is 2.97. The lowest BCUT2D eigenvalue weighted by molar-refractivity contribution is 0.102. The molecule has 0 radical (unpaired) electrons. The molecule has 1 amide bonds. The Morgan fingerprint density at radius 3 is 2.62 bits per heavy atom. The zero-order valence-electron chi connectivity index (χ0n) is 13.7. The largest absolute Gasteiger partial charge is 0.494 e. The SMILES string of the molecule is COc1cccc2sc(NC(=O)c3ccc(SC(C)C)cc3)nc12. The van der Waals surface area contributed by atoms with Gasteiger partial charge in [-0.1, -0.05) is 31.3 Å². The highest BCUT2D eigenvalue weighted by Gasteiger charge is 2.12. The maximum atomic E-state index is 12.4. The number of ether oxygens (including phenoxy) is 1. The van der Waals surface area contributed by atoms with Crippen molar-refractivity contribution >= 4 is 44.4 Å². The molecule has 3 aromatic rings. The standard InChI is InChI=1S/C18H18N2O2S2/c1-11(2)23-13-9-7-12(8-10-13)17(21)20-18-19-16-14(22-3)5-4-6-15(16)24-18/h4-11H,1-3H3,(H,19,20,21). The van der Waals surface area contributed by atoms with Gasteiger partial charge in [-0.2, -0.15) is 0 Å². The highest BCUT2D eigenvalue weighted by Crippen LogP contribution is 2.32. The number of benzene rings is 2. The molecular weight excluding hydrogens is 340 g/mol. The summed E-state index contributed by atoms with van der Waals surface area (Å²) in [7, 11) is 1.61. The van der Waals surface area contributed by atoms with Crippen LogP contribution >= 0.6 is 23.1 Å². The van der Waals surface area contributed by atoms with Crippen molar-refractivity contribution < 1.29 is 9.53 Å². The molecule has 0 atom stereocenters. The lowest BCUT2D eigenvalue weighted by Gasteiger charge is -2.06. The number of hydrogen-bond donors (Lipinski definition) is 1. The van der Waals surface area contributed by atoms with Crippen molar-refractivity contribution in [2.75, 3.05) is 12.4 Å². The predicted octanol–water partition coefficient (Wildman–Crippen LogP) is 5.06. The van der Waals surface area contributed by atoms with Crippen LogP contribution in [0.3, 0.4) is 0 Å². The number of para-hydroxylation sites is 1. The van der Waals surface area contributed by atoms with Crippen LogP contribution < -0.4 is 10.1 Å². The molecule has 0 aliphatic heterocycles. The Morgan fingerprint density at radius 2 is 1.96 bits per heavy atom. The Kier molecular flexibility index (Phi) is 5.06. The van der Waals surface area contributed by atoms with Crippen molar-refractivity contribution in [1.82, 2.24) is 4.98 Å². The zero-order valence-corrected chi connectivity index (χ0v) is 15.3. The van der Waals surface area contributed by atoms with Gasteiger partial charge in [0.25, 0.3) is 5.91 Å². The molecule has 1 N–H and O–H groups in total. The first-order chi connectivity index (χ1) is 11.6. The highest BCUT2D eigenvalue weighted by atomic mass is 32.2. The molecular formula is C18H18N2O2S2. The van der Waals surface area contributed by atoms with E-state index >= 15 is 0 Å². The molecule has 1 heterocycles.